The quantitative estimate of drug-likeness (QED) is 0.434. The van der Waals surface area contributed by atoms with Crippen molar-refractivity contribution in [3.05, 3.63) is 99.4 Å². The highest BCUT2D eigenvalue weighted by Crippen LogP contribution is 2.22. The molecule has 0 atom stereocenters. The maximum atomic E-state index is 11.5. The van der Waals surface area contributed by atoms with E-state index in [9.17, 15) is 9.90 Å². The SMILES string of the molecule is O=c1[nH]cnc(Cc2cc(-c3ccc(C#Cc4ccc(CN5CCOCC5)cc4)cc3)on2)c1O. The van der Waals surface area contributed by atoms with Crippen LogP contribution < -0.4 is 5.56 Å². The molecule has 8 heteroatoms. The third kappa shape index (κ3) is 5.66. The number of rotatable bonds is 5. The van der Waals surface area contributed by atoms with Crippen LogP contribution in [0.4, 0.5) is 0 Å². The number of benzene rings is 2. The van der Waals surface area contributed by atoms with E-state index in [1.165, 1.54) is 11.9 Å². The van der Waals surface area contributed by atoms with Gasteiger partial charge in [0.2, 0.25) is 5.75 Å². The number of nitrogens with zero attached hydrogens (tertiary/aromatic N) is 3. The van der Waals surface area contributed by atoms with Gasteiger partial charge >= 0.3 is 0 Å². The lowest BCUT2D eigenvalue weighted by atomic mass is 10.1. The molecule has 0 saturated carbocycles. The van der Waals surface area contributed by atoms with Crippen LogP contribution in [0.15, 0.2) is 70.2 Å². The van der Waals surface area contributed by atoms with Crippen LogP contribution >= 0.6 is 0 Å². The average molecular weight is 469 g/mol. The van der Waals surface area contributed by atoms with E-state index in [0.29, 0.717) is 11.5 Å². The second-order valence-electron chi connectivity index (χ2n) is 8.30. The van der Waals surface area contributed by atoms with Crippen molar-refractivity contribution >= 4 is 0 Å². The fraction of sp³-hybridized carbons (Fsp3) is 0.222. The van der Waals surface area contributed by atoms with E-state index in [1.54, 1.807) is 6.07 Å². The van der Waals surface area contributed by atoms with Crippen molar-refractivity contribution in [3.63, 3.8) is 0 Å². The van der Waals surface area contributed by atoms with Crippen LogP contribution in [0.2, 0.25) is 0 Å². The van der Waals surface area contributed by atoms with Gasteiger partial charge in [0, 0.05) is 48.8 Å². The van der Waals surface area contributed by atoms with E-state index in [0.717, 1.165) is 49.5 Å². The Labute approximate surface area is 202 Å². The van der Waals surface area contributed by atoms with Gasteiger partial charge in [-0.3, -0.25) is 9.69 Å². The minimum atomic E-state index is -0.584. The number of aromatic nitrogens is 3. The summed E-state index contributed by atoms with van der Waals surface area (Å²) >= 11 is 0. The first kappa shape index (κ1) is 22.6. The van der Waals surface area contributed by atoms with Gasteiger partial charge in [0.25, 0.3) is 5.56 Å². The zero-order valence-electron chi connectivity index (χ0n) is 19.0. The third-order valence-corrected chi connectivity index (χ3v) is 5.80. The molecule has 2 N–H and O–H groups in total. The topological polar surface area (TPSA) is 104 Å². The molecule has 176 valence electrons. The van der Waals surface area contributed by atoms with E-state index in [4.69, 9.17) is 9.26 Å². The van der Waals surface area contributed by atoms with Gasteiger partial charge in [-0.05, 0) is 42.0 Å². The van der Waals surface area contributed by atoms with Crippen LogP contribution in [0, 0.1) is 11.8 Å². The molecule has 3 heterocycles. The van der Waals surface area contributed by atoms with Crippen LogP contribution in [0.25, 0.3) is 11.3 Å². The van der Waals surface area contributed by atoms with Crippen molar-refractivity contribution < 1.29 is 14.4 Å². The van der Waals surface area contributed by atoms with Gasteiger partial charge in [-0.25, -0.2) is 4.98 Å². The minimum absolute atomic E-state index is 0.189. The van der Waals surface area contributed by atoms with Crippen molar-refractivity contribution in [3.8, 4) is 28.9 Å². The summed E-state index contributed by atoms with van der Waals surface area (Å²) in [5.74, 6) is 6.58. The molecule has 2 aromatic carbocycles. The Morgan fingerprint density at radius 1 is 1.00 bits per heavy atom. The number of aromatic hydroxyl groups is 1. The number of hydrogen-bond acceptors (Lipinski definition) is 7. The highest BCUT2D eigenvalue weighted by atomic mass is 16.5. The van der Waals surface area contributed by atoms with Gasteiger partial charge in [0.15, 0.2) is 5.76 Å². The Kier molecular flexibility index (Phi) is 6.70. The summed E-state index contributed by atoms with van der Waals surface area (Å²) in [6, 6.07) is 17.8. The molecule has 0 bridgehead atoms. The zero-order chi connectivity index (χ0) is 24.0. The first-order valence-corrected chi connectivity index (χ1v) is 11.4. The molecular formula is C27H24N4O4. The highest BCUT2D eigenvalue weighted by Gasteiger charge is 2.13. The summed E-state index contributed by atoms with van der Waals surface area (Å²) in [6.07, 6.45) is 1.44. The maximum Gasteiger partial charge on any atom is 0.293 e. The first-order valence-electron chi connectivity index (χ1n) is 11.4. The molecular weight excluding hydrogens is 444 g/mol. The fourth-order valence-electron chi connectivity index (χ4n) is 3.83. The lowest BCUT2D eigenvalue weighted by Crippen LogP contribution is -2.35. The second kappa shape index (κ2) is 10.4. The molecule has 5 rings (SSSR count). The lowest BCUT2D eigenvalue weighted by molar-refractivity contribution is 0.0342. The molecule has 0 spiro atoms. The number of nitrogens with one attached hydrogen (secondary N) is 1. The highest BCUT2D eigenvalue weighted by molar-refractivity contribution is 5.59. The van der Waals surface area contributed by atoms with Crippen LogP contribution in [0.1, 0.15) is 28.1 Å². The lowest BCUT2D eigenvalue weighted by Gasteiger charge is -2.26. The summed E-state index contributed by atoms with van der Waals surface area (Å²) < 4.78 is 10.8. The van der Waals surface area contributed by atoms with Gasteiger partial charge in [-0.1, -0.05) is 29.1 Å². The summed E-state index contributed by atoms with van der Waals surface area (Å²) in [5.41, 5.74) is 4.21. The predicted octanol–water partition coefficient (Wildman–Crippen LogP) is 2.95. The van der Waals surface area contributed by atoms with Crippen molar-refractivity contribution in [1.82, 2.24) is 20.0 Å². The maximum absolute atomic E-state index is 11.5. The molecule has 0 amide bonds. The van der Waals surface area contributed by atoms with Crippen molar-refractivity contribution in [2.45, 2.75) is 13.0 Å². The Morgan fingerprint density at radius 2 is 1.69 bits per heavy atom. The number of aromatic amines is 1. The largest absolute Gasteiger partial charge is 0.502 e. The molecule has 35 heavy (non-hydrogen) atoms. The van der Waals surface area contributed by atoms with Gasteiger partial charge in [-0.2, -0.15) is 0 Å². The van der Waals surface area contributed by atoms with Gasteiger partial charge < -0.3 is 19.4 Å². The monoisotopic (exact) mass is 468 g/mol. The molecule has 1 saturated heterocycles. The summed E-state index contributed by atoms with van der Waals surface area (Å²) in [4.78, 5) is 20.2. The zero-order valence-corrected chi connectivity index (χ0v) is 19.0. The molecule has 8 nitrogen and oxygen atoms in total. The predicted molar refractivity (Wildman–Crippen MR) is 130 cm³/mol. The number of morpholine rings is 1. The number of ether oxygens (including phenoxy) is 1. The Balaban J connectivity index is 1.21. The standard InChI is InChI=1S/C27H24N4O4/c32-26-24(28-18-29-27(26)33)15-23-16-25(35-30-23)22-9-7-20(8-10-22)2-1-19-3-5-21(6-4-19)17-31-11-13-34-14-12-31/h3-10,16,18,32H,11-15,17H2,(H,28,29,33). The van der Waals surface area contributed by atoms with Crippen molar-refractivity contribution in [2.75, 3.05) is 26.3 Å². The van der Waals surface area contributed by atoms with Crippen molar-refractivity contribution in [1.29, 1.82) is 0 Å². The number of H-pyrrole nitrogens is 1. The van der Waals surface area contributed by atoms with E-state index in [1.807, 2.05) is 24.3 Å². The summed E-state index contributed by atoms with van der Waals surface area (Å²) in [6.45, 7) is 4.49. The van der Waals surface area contributed by atoms with Crippen molar-refractivity contribution in [2.24, 2.45) is 0 Å². The molecule has 2 aromatic heterocycles. The van der Waals surface area contributed by atoms with Gasteiger partial charge in [0.1, 0.15) is 0 Å². The third-order valence-electron chi connectivity index (χ3n) is 5.80. The second-order valence-corrected chi connectivity index (χ2v) is 8.30. The minimum Gasteiger partial charge on any atom is -0.502 e. The molecule has 4 aromatic rings. The molecule has 0 unspecified atom stereocenters. The van der Waals surface area contributed by atoms with E-state index < -0.39 is 11.3 Å². The molecule has 1 aliphatic heterocycles. The van der Waals surface area contributed by atoms with E-state index in [-0.39, 0.29) is 12.1 Å². The molecule has 0 aliphatic carbocycles. The smallest absolute Gasteiger partial charge is 0.293 e. The summed E-state index contributed by atoms with van der Waals surface area (Å²) in [7, 11) is 0. The van der Waals surface area contributed by atoms with Crippen LogP contribution in [0.3, 0.4) is 0 Å². The summed E-state index contributed by atoms with van der Waals surface area (Å²) in [5, 5.41) is 13.9. The van der Waals surface area contributed by atoms with E-state index >= 15 is 0 Å². The van der Waals surface area contributed by atoms with Crippen LogP contribution in [-0.4, -0.2) is 51.4 Å². The van der Waals surface area contributed by atoms with Gasteiger partial charge in [-0.15, -0.1) is 0 Å². The molecule has 1 fully saturated rings. The normalized spacial score (nSPS) is 13.8. The Morgan fingerprint density at radius 3 is 2.40 bits per heavy atom. The fourth-order valence-corrected chi connectivity index (χ4v) is 3.83. The van der Waals surface area contributed by atoms with E-state index in [2.05, 4.69) is 56.1 Å². The molecule has 1 aliphatic rings. The number of hydrogen-bond donors (Lipinski definition) is 2. The average Bonchev–Trinajstić information content (AvgIpc) is 3.36. The first-order chi connectivity index (χ1) is 17.1. The van der Waals surface area contributed by atoms with Crippen LogP contribution in [-0.2, 0) is 17.7 Å². The Hall–Kier alpha value is -4.19. The molecule has 0 radical (unpaired) electrons. The van der Waals surface area contributed by atoms with Gasteiger partial charge in [0.05, 0.1) is 30.9 Å². The Bertz CT molecular complexity index is 1410. The van der Waals surface area contributed by atoms with Crippen LogP contribution in [0.5, 0.6) is 5.75 Å².